The molecule has 62 valence electrons. The summed E-state index contributed by atoms with van der Waals surface area (Å²) < 4.78 is 13.4. The third-order valence-corrected chi connectivity index (χ3v) is 3.73. The molecule has 2 saturated heterocycles. The van der Waals surface area contributed by atoms with E-state index in [0.29, 0.717) is 11.6 Å². The highest BCUT2D eigenvalue weighted by molar-refractivity contribution is 5.15. The van der Waals surface area contributed by atoms with E-state index in [0.717, 1.165) is 12.8 Å². The Morgan fingerprint density at radius 1 is 1.36 bits per heavy atom. The molecule has 2 aliphatic heterocycles. The summed E-state index contributed by atoms with van der Waals surface area (Å²) in [6, 6.07) is 0.317. The second kappa shape index (κ2) is 1.79. The molecular formula is C9H14FN. The van der Waals surface area contributed by atoms with Gasteiger partial charge in [0.25, 0.3) is 0 Å². The van der Waals surface area contributed by atoms with Crippen molar-refractivity contribution < 1.29 is 4.39 Å². The summed E-state index contributed by atoms with van der Waals surface area (Å²) >= 11 is 0. The van der Waals surface area contributed by atoms with E-state index < -0.39 is 6.17 Å². The van der Waals surface area contributed by atoms with Gasteiger partial charge in [0.15, 0.2) is 0 Å². The van der Waals surface area contributed by atoms with E-state index in [9.17, 15) is 4.39 Å². The smallest absolute Gasteiger partial charge is 0.117 e. The minimum atomic E-state index is -0.500. The van der Waals surface area contributed by atoms with Crippen molar-refractivity contribution >= 4 is 0 Å². The molecule has 1 nitrogen and oxygen atoms in total. The minimum absolute atomic E-state index is 0.317. The van der Waals surface area contributed by atoms with E-state index in [-0.39, 0.29) is 0 Å². The lowest BCUT2D eigenvalue weighted by molar-refractivity contribution is 0.203. The predicted molar refractivity (Wildman–Crippen MR) is 41.2 cm³/mol. The van der Waals surface area contributed by atoms with Crippen LogP contribution in [-0.2, 0) is 0 Å². The second-order valence-corrected chi connectivity index (χ2v) is 4.35. The van der Waals surface area contributed by atoms with Crippen molar-refractivity contribution in [1.82, 2.24) is 4.90 Å². The first kappa shape index (κ1) is 6.41. The molecule has 2 atom stereocenters. The van der Waals surface area contributed by atoms with Gasteiger partial charge >= 0.3 is 0 Å². The zero-order chi connectivity index (χ0) is 7.47. The van der Waals surface area contributed by atoms with Gasteiger partial charge in [0.05, 0.1) is 0 Å². The molecule has 0 aromatic carbocycles. The molecule has 11 heavy (non-hydrogen) atoms. The first-order chi connectivity index (χ1) is 5.32. The molecule has 0 N–H and O–H groups in total. The Bertz CT molecular complexity index is 188. The van der Waals surface area contributed by atoms with Crippen LogP contribution in [0.25, 0.3) is 0 Å². The van der Waals surface area contributed by atoms with E-state index in [1.807, 2.05) is 0 Å². The normalized spacial score (nSPS) is 46.6. The molecular weight excluding hydrogens is 141 g/mol. The number of hydrogen-bond acceptors (Lipinski definition) is 1. The van der Waals surface area contributed by atoms with Crippen LogP contribution in [0.3, 0.4) is 0 Å². The summed E-state index contributed by atoms with van der Waals surface area (Å²) in [7, 11) is 0. The Balaban J connectivity index is 1.91. The van der Waals surface area contributed by atoms with Crippen LogP contribution in [0.4, 0.5) is 4.39 Å². The predicted octanol–water partition coefficient (Wildman–Crippen LogP) is 1.73. The van der Waals surface area contributed by atoms with Crippen molar-refractivity contribution in [2.75, 3.05) is 6.54 Å². The fourth-order valence-electron chi connectivity index (χ4n) is 3.01. The maximum absolute atomic E-state index is 13.4. The van der Waals surface area contributed by atoms with E-state index in [2.05, 4.69) is 4.90 Å². The first-order valence-electron chi connectivity index (χ1n) is 4.73. The first-order valence-corrected chi connectivity index (χ1v) is 4.73. The largest absolute Gasteiger partial charge is 0.292 e. The summed E-state index contributed by atoms with van der Waals surface area (Å²) in [5, 5.41) is 0. The van der Waals surface area contributed by atoms with Gasteiger partial charge in [0, 0.05) is 11.6 Å². The van der Waals surface area contributed by atoms with Crippen molar-refractivity contribution in [2.45, 2.75) is 49.9 Å². The van der Waals surface area contributed by atoms with E-state index in [1.54, 1.807) is 0 Å². The van der Waals surface area contributed by atoms with Gasteiger partial charge in [0.1, 0.15) is 6.17 Å². The van der Waals surface area contributed by atoms with Crippen LogP contribution >= 0.6 is 0 Å². The van der Waals surface area contributed by atoms with Gasteiger partial charge in [-0.2, -0.15) is 0 Å². The SMILES string of the molecule is FC1CC2(CC2)N2CCCC12. The van der Waals surface area contributed by atoms with Gasteiger partial charge in [-0.05, 0) is 38.6 Å². The van der Waals surface area contributed by atoms with Crippen LogP contribution < -0.4 is 0 Å². The lowest BCUT2D eigenvalue weighted by atomic mass is 10.1. The van der Waals surface area contributed by atoms with Gasteiger partial charge in [-0.15, -0.1) is 0 Å². The molecule has 3 aliphatic rings. The zero-order valence-corrected chi connectivity index (χ0v) is 6.72. The highest BCUT2D eigenvalue weighted by atomic mass is 19.1. The Morgan fingerprint density at radius 2 is 2.18 bits per heavy atom. The molecule has 1 saturated carbocycles. The number of fused-ring (bicyclic) bond motifs is 2. The maximum Gasteiger partial charge on any atom is 0.117 e. The number of alkyl halides is 1. The average molecular weight is 155 g/mol. The Hall–Kier alpha value is -0.110. The van der Waals surface area contributed by atoms with Gasteiger partial charge in [-0.1, -0.05) is 0 Å². The van der Waals surface area contributed by atoms with Crippen LogP contribution in [0.15, 0.2) is 0 Å². The quantitative estimate of drug-likeness (QED) is 0.515. The summed E-state index contributed by atoms with van der Waals surface area (Å²) in [6.45, 7) is 1.17. The van der Waals surface area contributed by atoms with Crippen LogP contribution in [0.1, 0.15) is 32.1 Å². The van der Waals surface area contributed by atoms with E-state index in [1.165, 1.54) is 25.8 Å². The van der Waals surface area contributed by atoms with Gasteiger partial charge in [-0.25, -0.2) is 4.39 Å². The maximum atomic E-state index is 13.4. The van der Waals surface area contributed by atoms with Crippen molar-refractivity contribution in [3.63, 3.8) is 0 Å². The van der Waals surface area contributed by atoms with Crippen molar-refractivity contribution in [3.05, 3.63) is 0 Å². The third-order valence-electron chi connectivity index (χ3n) is 3.73. The van der Waals surface area contributed by atoms with Gasteiger partial charge < -0.3 is 0 Å². The van der Waals surface area contributed by atoms with Crippen molar-refractivity contribution in [2.24, 2.45) is 0 Å². The molecule has 1 spiro atoms. The Kier molecular flexibility index (Phi) is 1.04. The topological polar surface area (TPSA) is 3.24 Å². The van der Waals surface area contributed by atoms with Crippen LogP contribution in [0.2, 0.25) is 0 Å². The van der Waals surface area contributed by atoms with Crippen molar-refractivity contribution in [3.8, 4) is 0 Å². The lowest BCUT2D eigenvalue weighted by Crippen LogP contribution is -2.33. The fourth-order valence-corrected chi connectivity index (χ4v) is 3.01. The second-order valence-electron chi connectivity index (χ2n) is 4.35. The van der Waals surface area contributed by atoms with Gasteiger partial charge in [-0.3, -0.25) is 4.90 Å². The summed E-state index contributed by atoms with van der Waals surface area (Å²) in [5.74, 6) is 0. The lowest BCUT2D eigenvalue weighted by Gasteiger charge is -2.22. The summed E-state index contributed by atoms with van der Waals surface area (Å²) in [4.78, 5) is 2.46. The molecule has 2 unspecified atom stereocenters. The number of rotatable bonds is 0. The molecule has 0 amide bonds. The molecule has 3 fully saturated rings. The summed E-state index contributed by atoms with van der Waals surface area (Å²) in [6.07, 6.45) is 5.22. The van der Waals surface area contributed by atoms with E-state index >= 15 is 0 Å². The highest BCUT2D eigenvalue weighted by Crippen LogP contribution is 2.55. The average Bonchev–Trinajstić information content (AvgIpc) is 2.52. The Morgan fingerprint density at radius 3 is 2.91 bits per heavy atom. The molecule has 2 heteroatoms. The van der Waals surface area contributed by atoms with Crippen molar-refractivity contribution in [1.29, 1.82) is 0 Å². The highest BCUT2D eigenvalue weighted by Gasteiger charge is 2.59. The van der Waals surface area contributed by atoms with Crippen LogP contribution in [0.5, 0.6) is 0 Å². The molecule has 0 aromatic rings. The number of halogens is 1. The molecule has 3 rings (SSSR count). The fraction of sp³-hybridized carbons (Fsp3) is 1.00. The molecule has 0 bridgehead atoms. The third kappa shape index (κ3) is 0.689. The van der Waals surface area contributed by atoms with Crippen LogP contribution in [0, 0.1) is 0 Å². The van der Waals surface area contributed by atoms with Crippen LogP contribution in [-0.4, -0.2) is 29.2 Å². The molecule has 1 aliphatic carbocycles. The van der Waals surface area contributed by atoms with Gasteiger partial charge in [0.2, 0.25) is 0 Å². The molecule has 2 heterocycles. The monoisotopic (exact) mass is 155 g/mol. The molecule has 0 radical (unpaired) electrons. The van der Waals surface area contributed by atoms with E-state index in [4.69, 9.17) is 0 Å². The zero-order valence-electron chi connectivity index (χ0n) is 6.72. The Labute approximate surface area is 66.6 Å². The molecule has 0 aromatic heterocycles. The summed E-state index contributed by atoms with van der Waals surface area (Å²) in [5.41, 5.74) is 0.376. The number of hydrogen-bond donors (Lipinski definition) is 0. The minimum Gasteiger partial charge on any atom is -0.292 e. The standard InChI is InChI=1S/C9H14FN/c10-7-6-9(3-4-9)11-5-1-2-8(7)11/h7-8H,1-6H2. The number of nitrogens with zero attached hydrogens (tertiary/aromatic N) is 1.